The number of β-amino-alcohol motifs (C(OH)–C–C–N with tert-alkyl or cyclic N) is 1. The summed E-state index contributed by atoms with van der Waals surface area (Å²) in [6.07, 6.45) is 3.48. The van der Waals surface area contributed by atoms with E-state index in [0.717, 1.165) is 18.4 Å². The van der Waals surface area contributed by atoms with Gasteiger partial charge < -0.3 is 15.2 Å². The molecule has 190 valence electrons. The number of para-hydroxylation sites is 1. The Labute approximate surface area is 207 Å². The van der Waals surface area contributed by atoms with Gasteiger partial charge in [-0.15, -0.1) is 0 Å². The van der Waals surface area contributed by atoms with E-state index in [-0.39, 0.29) is 23.9 Å². The quantitative estimate of drug-likeness (QED) is 0.515. The topological polar surface area (TPSA) is 108 Å². The molecule has 0 bridgehead atoms. The van der Waals surface area contributed by atoms with Crippen molar-refractivity contribution in [3.05, 3.63) is 65.7 Å². The van der Waals surface area contributed by atoms with Crippen LogP contribution in [0.25, 0.3) is 0 Å². The van der Waals surface area contributed by atoms with Gasteiger partial charge in [-0.2, -0.15) is 17.4 Å². The number of hydrogen-bond donors (Lipinski definition) is 3. The number of nitrogens with one attached hydrogen (secondary N) is 2. The Hall–Kier alpha value is -2.46. The van der Waals surface area contributed by atoms with E-state index in [1.54, 1.807) is 19.2 Å². The van der Waals surface area contributed by atoms with Crippen molar-refractivity contribution in [2.45, 2.75) is 56.1 Å². The number of amides is 1. The Bertz CT molecular complexity index is 1100. The summed E-state index contributed by atoms with van der Waals surface area (Å²) in [5.74, 6) is 0.337. The second kappa shape index (κ2) is 11.1. The van der Waals surface area contributed by atoms with Gasteiger partial charge in [-0.1, -0.05) is 42.5 Å². The maximum atomic E-state index is 13.0. The lowest BCUT2D eigenvalue weighted by atomic mass is 9.68. The summed E-state index contributed by atoms with van der Waals surface area (Å²) in [6.45, 7) is 1.03. The van der Waals surface area contributed by atoms with Gasteiger partial charge in [0, 0.05) is 31.1 Å². The van der Waals surface area contributed by atoms with Crippen LogP contribution in [0.1, 0.15) is 54.4 Å². The molecule has 1 saturated heterocycles. The SMILES string of the molecule is COc1ccccc1C(=O)NCC1(c2ccccc2)CCC(NS(=O)(=O)N2CCCC(O)C2)CC1. The molecule has 0 aromatic heterocycles. The fourth-order valence-corrected chi connectivity index (χ4v) is 6.79. The molecule has 0 radical (unpaired) electrons. The van der Waals surface area contributed by atoms with Gasteiger partial charge in [0.2, 0.25) is 0 Å². The average molecular weight is 502 g/mol. The van der Waals surface area contributed by atoms with E-state index in [4.69, 9.17) is 4.74 Å². The smallest absolute Gasteiger partial charge is 0.279 e. The molecule has 2 aliphatic rings. The summed E-state index contributed by atoms with van der Waals surface area (Å²) >= 11 is 0. The predicted octanol–water partition coefficient (Wildman–Crippen LogP) is 2.60. The van der Waals surface area contributed by atoms with E-state index >= 15 is 0 Å². The molecular weight excluding hydrogens is 466 g/mol. The normalized spacial score (nSPS) is 25.7. The Kier molecular flexibility index (Phi) is 8.11. The minimum atomic E-state index is -3.65. The van der Waals surface area contributed by atoms with Crippen LogP contribution in [-0.4, -0.2) is 62.6 Å². The predicted molar refractivity (Wildman–Crippen MR) is 135 cm³/mol. The van der Waals surface area contributed by atoms with Crippen molar-refractivity contribution in [1.29, 1.82) is 0 Å². The van der Waals surface area contributed by atoms with E-state index in [9.17, 15) is 18.3 Å². The molecule has 1 aliphatic heterocycles. The van der Waals surface area contributed by atoms with Crippen LogP contribution in [0.3, 0.4) is 0 Å². The maximum Gasteiger partial charge on any atom is 0.279 e. The lowest BCUT2D eigenvalue weighted by molar-refractivity contribution is 0.0931. The minimum absolute atomic E-state index is 0.144. The standard InChI is InChI=1S/C26H35N3O5S/c1-34-24-12-6-5-11-23(24)25(31)27-19-26(20-8-3-2-4-9-20)15-13-21(14-16-26)28-35(32,33)29-17-7-10-22(30)18-29/h2-6,8-9,11-12,21-22,28,30H,7,10,13-19H2,1H3,(H,27,31). The molecule has 8 nitrogen and oxygen atoms in total. The van der Waals surface area contributed by atoms with Crippen LogP contribution >= 0.6 is 0 Å². The number of carbonyl (C=O) groups excluding carboxylic acids is 1. The van der Waals surface area contributed by atoms with Gasteiger partial charge in [-0.25, -0.2) is 0 Å². The fourth-order valence-electron chi connectivity index (χ4n) is 5.25. The average Bonchev–Trinajstić information content (AvgIpc) is 2.88. The largest absolute Gasteiger partial charge is 0.496 e. The van der Waals surface area contributed by atoms with Gasteiger partial charge >= 0.3 is 0 Å². The molecule has 9 heteroatoms. The van der Waals surface area contributed by atoms with Crippen molar-refractivity contribution in [2.75, 3.05) is 26.7 Å². The molecule has 2 aromatic carbocycles. The zero-order valence-electron chi connectivity index (χ0n) is 20.2. The number of hydrogen-bond acceptors (Lipinski definition) is 5. The number of rotatable bonds is 8. The van der Waals surface area contributed by atoms with Gasteiger partial charge in [0.05, 0.1) is 18.8 Å². The number of benzene rings is 2. The van der Waals surface area contributed by atoms with Crippen molar-refractivity contribution in [3.8, 4) is 5.75 Å². The van der Waals surface area contributed by atoms with Gasteiger partial charge in [-0.3, -0.25) is 4.79 Å². The zero-order valence-corrected chi connectivity index (χ0v) is 21.0. The van der Waals surface area contributed by atoms with Gasteiger partial charge in [0.15, 0.2) is 0 Å². The number of piperidine rings is 1. The molecule has 2 fully saturated rings. The molecule has 1 heterocycles. The van der Waals surface area contributed by atoms with Crippen molar-refractivity contribution in [2.24, 2.45) is 0 Å². The number of carbonyl (C=O) groups is 1. The second-order valence-corrected chi connectivity index (χ2v) is 11.3. The molecule has 2 aromatic rings. The zero-order chi connectivity index (χ0) is 24.9. The summed E-state index contributed by atoms with van der Waals surface area (Å²) in [6, 6.07) is 17.1. The molecule has 1 aliphatic carbocycles. The van der Waals surface area contributed by atoms with Crippen LogP contribution in [0.4, 0.5) is 0 Å². The van der Waals surface area contributed by atoms with Crippen LogP contribution in [0.5, 0.6) is 5.75 Å². The molecule has 4 rings (SSSR count). The van der Waals surface area contributed by atoms with E-state index in [0.29, 0.717) is 50.1 Å². The lowest BCUT2D eigenvalue weighted by Crippen LogP contribution is -2.52. The number of aliphatic hydroxyl groups excluding tert-OH is 1. The molecule has 0 spiro atoms. The summed E-state index contributed by atoms with van der Waals surface area (Å²) in [5.41, 5.74) is 1.34. The van der Waals surface area contributed by atoms with Crippen LogP contribution in [0.2, 0.25) is 0 Å². The van der Waals surface area contributed by atoms with Gasteiger partial charge in [0.25, 0.3) is 16.1 Å². The molecule has 1 amide bonds. The summed E-state index contributed by atoms with van der Waals surface area (Å²) in [5, 5.41) is 13.0. The first-order chi connectivity index (χ1) is 16.8. The van der Waals surface area contributed by atoms with E-state index < -0.39 is 16.3 Å². The summed E-state index contributed by atoms with van der Waals surface area (Å²) in [7, 11) is -2.10. The van der Waals surface area contributed by atoms with Crippen LogP contribution in [0, 0.1) is 0 Å². The van der Waals surface area contributed by atoms with Gasteiger partial charge in [-0.05, 0) is 56.2 Å². The van der Waals surface area contributed by atoms with E-state index in [1.807, 2.05) is 30.3 Å². The molecule has 3 N–H and O–H groups in total. The second-order valence-electron chi connectivity index (χ2n) is 9.58. The third kappa shape index (κ3) is 6.03. The first-order valence-corrected chi connectivity index (χ1v) is 13.7. The first kappa shape index (κ1) is 25.6. The molecule has 1 atom stereocenters. The molecular formula is C26H35N3O5S. The Balaban J connectivity index is 1.44. The highest BCUT2D eigenvalue weighted by Gasteiger charge is 2.39. The van der Waals surface area contributed by atoms with Crippen molar-refractivity contribution in [1.82, 2.24) is 14.3 Å². The molecule has 1 saturated carbocycles. The number of nitrogens with zero attached hydrogens (tertiary/aromatic N) is 1. The van der Waals surface area contributed by atoms with Crippen molar-refractivity contribution >= 4 is 16.1 Å². The molecule has 1 unspecified atom stereocenters. The first-order valence-electron chi connectivity index (χ1n) is 12.3. The molecule has 35 heavy (non-hydrogen) atoms. The minimum Gasteiger partial charge on any atom is -0.496 e. The van der Waals surface area contributed by atoms with Crippen molar-refractivity contribution in [3.63, 3.8) is 0 Å². The van der Waals surface area contributed by atoms with Crippen LogP contribution in [0.15, 0.2) is 54.6 Å². The van der Waals surface area contributed by atoms with Crippen LogP contribution < -0.4 is 14.8 Å². The van der Waals surface area contributed by atoms with E-state index in [1.165, 1.54) is 4.31 Å². The monoisotopic (exact) mass is 501 g/mol. The van der Waals surface area contributed by atoms with Gasteiger partial charge in [0.1, 0.15) is 5.75 Å². The summed E-state index contributed by atoms with van der Waals surface area (Å²) < 4.78 is 35.4. The third-order valence-corrected chi connectivity index (χ3v) is 8.93. The Morgan fingerprint density at radius 2 is 1.77 bits per heavy atom. The summed E-state index contributed by atoms with van der Waals surface area (Å²) in [4.78, 5) is 13.0. The number of ether oxygens (including phenoxy) is 1. The maximum absolute atomic E-state index is 13.0. The highest BCUT2D eigenvalue weighted by molar-refractivity contribution is 7.87. The van der Waals surface area contributed by atoms with Crippen molar-refractivity contribution < 1.29 is 23.1 Å². The number of aliphatic hydroxyl groups is 1. The highest BCUT2D eigenvalue weighted by Crippen LogP contribution is 2.39. The Morgan fingerprint density at radius 3 is 2.46 bits per heavy atom. The van der Waals surface area contributed by atoms with E-state index in [2.05, 4.69) is 22.2 Å². The lowest BCUT2D eigenvalue weighted by Gasteiger charge is -2.41. The third-order valence-electron chi connectivity index (χ3n) is 7.28. The Morgan fingerprint density at radius 1 is 1.09 bits per heavy atom. The fraction of sp³-hybridized carbons (Fsp3) is 0.500. The number of methoxy groups -OCH3 is 1. The van der Waals surface area contributed by atoms with Crippen LogP contribution in [-0.2, 0) is 15.6 Å². The highest BCUT2D eigenvalue weighted by atomic mass is 32.2.